The van der Waals surface area contributed by atoms with Gasteiger partial charge in [-0.05, 0) is 18.6 Å². The third kappa shape index (κ3) is 3.77. The van der Waals surface area contributed by atoms with E-state index in [2.05, 4.69) is 16.5 Å². The van der Waals surface area contributed by atoms with E-state index < -0.39 is 0 Å². The van der Waals surface area contributed by atoms with Gasteiger partial charge in [-0.25, -0.2) is 9.37 Å². The van der Waals surface area contributed by atoms with Crippen molar-refractivity contribution >= 4 is 11.6 Å². The van der Waals surface area contributed by atoms with E-state index in [1.54, 1.807) is 25.3 Å². The molecule has 1 saturated heterocycles. The van der Waals surface area contributed by atoms with Crippen LogP contribution in [0.25, 0.3) is 0 Å². The second-order valence-electron chi connectivity index (χ2n) is 6.17. The number of aromatic amines is 1. The molecule has 0 amide bonds. The molecular formula is C19H23FN4O2. The number of nitrogens with zero attached hydrogens (tertiary/aromatic N) is 3. The molecule has 1 aromatic heterocycles. The second kappa shape index (κ2) is 8.14. The van der Waals surface area contributed by atoms with Crippen LogP contribution in [0.3, 0.4) is 0 Å². The minimum Gasteiger partial charge on any atom is -0.378 e. The molecule has 0 spiro atoms. The zero-order valence-corrected chi connectivity index (χ0v) is 14.9. The number of allylic oxidation sites excluding steroid dienone is 1. The summed E-state index contributed by atoms with van der Waals surface area (Å²) in [6, 6.07) is 6.77. The van der Waals surface area contributed by atoms with Crippen LogP contribution in [-0.2, 0) is 17.8 Å². The molecule has 3 rings (SSSR count). The third-order valence-corrected chi connectivity index (χ3v) is 4.49. The van der Waals surface area contributed by atoms with Crippen LogP contribution < -0.4 is 15.4 Å². The van der Waals surface area contributed by atoms with Crippen LogP contribution in [0.5, 0.6) is 0 Å². The predicted octanol–water partition coefficient (Wildman–Crippen LogP) is 2.11. The summed E-state index contributed by atoms with van der Waals surface area (Å²) in [6.45, 7) is 6.55. The van der Waals surface area contributed by atoms with Gasteiger partial charge in [-0.1, -0.05) is 18.2 Å². The zero-order valence-electron chi connectivity index (χ0n) is 14.9. The van der Waals surface area contributed by atoms with Gasteiger partial charge in [-0.3, -0.25) is 9.78 Å². The van der Waals surface area contributed by atoms with Crippen LogP contribution in [0.1, 0.15) is 11.3 Å². The Balaban J connectivity index is 1.78. The molecule has 1 aliphatic rings. The number of rotatable bonds is 6. The van der Waals surface area contributed by atoms with Crippen molar-refractivity contribution in [2.45, 2.75) is 13.0 Å². The number of H-pyrrole nitrogens is 1. The van der Waals surface area contributed by atoms with Gasteiger partial charge in [0.1, 0.15) is 5.82 Å². The second-order valence-corrected chi connectivity index (χ2v) is 6.17. The molecule has 0 aliphatic carbocycles. The molecule has 0 radical (unpaired) electrons. The van der Waals surface area contributed by atoms with Gasteiger partial charge < -0.3 is 14.5 Å². The summed E-state index contributed by atoms with van der Waals surface area (Å²) < 4.78 is 19.1. The number of hydrogen-bond donors (Lipinski definition) is 1. The average Bonchev–Trinajstić information content (AvgIpc) is 2.65. The lowest BCUT2D eigenvalue weighted by Crippen LogP contribution is -2.48. The standard InChI is InChI=1S/C19H23FN4O2/c1-3-6-14-16(13-26-2)21-19(22-18(14)25)24-11-9-23(10-12-24)17-8-5-4-7-15(17)20/h3-5,7-8H,1,6,9-13H2,2H3,(H,21,22,25). The minimum absolute atomic E-state index is 0.168. The van der Waals surface area contributed by atoms with E-state index in [0.29, 0.717) is 55.5 Å². The van der Waals surface area contributed by atoms with Crippen molar-refractivity contribution in [1.82, 2.24) is 9.97 Å². The number of para-hydroxylation sites is 1. The first-order valence-corrected chi connectivity index (χ1v) is 8.60. The molecule has 1 fully saturated rings. The molecule has 138 valence electrons. The van der Waals surface area contributed by atoms with E-state index in [4.69, 9.17) is 4.74 Å². The van der Waals surface area contributed by atoms with Gasteiger partial charge in [-0.2, -0.15) is 0 Å². The van der Waals surface area contributed by atoms with Gasteiger partial charge in [0.15, 0.2) is 0 Å². The van der Waals surface area contributed by atoms with Gasteiger partial charge in [0, 0.05) is 38.9 Å². The first-order chi connectivity index (χ1) is 12.6. The van der Waals surface area contributed by atoms with Crippen molar-refractivity contribution in [3.63, 3.8) is 0 Å². The van der Waals surface area contributed by atoms with Crippen molar-refractivity contribution in [3.05, 3.63) is 64.3 Å². The van der Waals surface area contributed by atoms with Crippen molar-refractivity contribution in [1.29, 1.82) is 0 Å². The fourth-order valence-electron chi connectivity index (χ4n) is 3.16. The molecule has 0 atom stereocenters. The number of ether oxygens (including phenoxy) is 1. The lowest BCUT2D eigenvalue weighted by Gasteiger charge is -2.36. The SMILES string of the molecule is C=CCc1c(COC)nc(N2CCN(c3ccccc3F)CC2)[nH]c1=O. The Morgan fingerprint density at radius 1 is 1.27 bits per heavy atom. The lowest BCUT2D eigenvalue weighted by atomic mass is 10.1. The minimum atomic E-state index is -0.219. The number of benzene rings is 1. The zero-order chi connectivity index (χ0) is 18.5. The topological polar surface area (TPSA) is 61.5 Å². The highest BCUT2D eigenvalue weighted by Crippen LogP contribution is 2.21. The molecule has 0 saturated carbocycles. The number of anilines is 2. The fourth-order valence-corrected chi connectivity index (χ4v) is 3.16. The Morgan fingerprint density at radius 3 is 2.62 bits per heavy atom. The third-order valence-electron chi connectivity index (χ3n) is 4.49. The summed E-state index contributed by atoms with van der Waals surface area (Å²) in [4.78, 5) is 23.9. The van der Waals surface area contributed by atoms with Gasteiger partial charge in [0.05, 0.1) is 18.0 Å². The molecule has 2 heterocycles. The first kappa shape index (κ1) is 18.1. The maximum atomic E-state index is 14.0. The highest BCUT2D eigenvalue weighted by Gasteiger charge is 2.22. The smallest absolute Gasteiger partial charge is 0.256 e. The van der Waals surface area contributed by atoms with Crippen LogP contribution in [-0.4, -0.2) is 43.3 Å². The van der Waals surface area contributed by atoms with Gasteiger partial charge in [0.2, 0.25) is 5.95 Å². The maximum Gasteiger partial charge on any atom is 0.256 e. The molecule has 0 bridgehead atoms. The van der Waals surface area contributed by atoms with E-state index in [1.165, 1.54) is 6.07 Å². The van der Waals surface area contributed by atoms with E-state index in [9.17, 15) is 9.18 Å². The molecule has 26 heavy (non-hydrogen) atoms. The monoisotopic (exact) mass is 358 g/mol. The summed E-state index contributed by atoms with van der Waals surface area (Å²) in [5, 5.41) is 0. The van der Waals surface area contributed by atoms with Gasteiger partial charge in [-0.15, -0.1) is 6.58 Å². The molecule has 0 unspecified atom stereocenters. The Kier molecular flexibility index (Phi) is 5.68. The molecular weight excluding hydrogens is 335 g/mol. The number of aromatic nitrogens is 2. The van der Waals surface area contributed by atoms with Crippen molar-refractivity contribution in [2.24, 2.45) is 0 Å². The molecule has 1 aliphatic heterocycles. The summed E-state index contributed by atoms with van der Waals surface area (Å²) >= 11 is 0. The lowest BCUT2D eigenvalue weighted by molar-refractivity contribution is 0.180. The van der Waals surface area contributed by atoms with Crippen molar-refractivity contribution in [2.75, 3.05) is 43.1 Å². The fraction of sp³-hybridized carbons (Fsp3) is 0.368. The van der Waals surface area contributed by atoms with Gasteiger partial charge in [0.25, 0.3) is 5.56 Å². The van der Waals surface area contributed by atoms with Crippen molar-refractivity contribution < 1.29 is 9.13 Å². The first-order valence-electron chi connectivity index (χ1n) is 8.60. The number of piperazine rings is 1. The highest BCUT2D eigenvalue weighted by atomic mass is 19.1. The van der Waals surface area contributed by atoms with Crippen LogP contribution in [0.15, 0.2) is 41.7 Å². The molecule has 1 N–H and O–H groups in total. The quantitative estimate of drug-likeness (QED) is 0.802. The van der Waals surface area contributed by atoms with E-state index in [-0.39, 0.29) is 18.0 Å². The Bertz CT molecular complexity index is 829. The number of methoxy groups -OCH3 is 1. The molecule has 1 aromatic carbocycles. The largest absolute Gasteiger partial charge is 0.378 e. The van der Waals surface area contributed by atoms with Crippen LogP contribution in [0.2, 0.25) is 0 Å². The average molecular weight is 358 g/mol. The number of hydrogen-bond acceptors (Lipinski definition) is 5. The summed E-state index contributed by atoms with van der Waals surface area (Å²) in [6.07, 6.45) is 2.13. The predicted molar refractivity (Wildman–Crippen MR) is 100 cm³/mol. The molecule has 2 aromatic rings. The van der Waals surface area contributed by atoms with E-state index in [1.807, 2.05) is 15.9 Å². The van der Waals surface area contributed by atoms with Crippen LogP contribution >= 0.6 is 0 Å². The van der Waals surface area contributed by atoms with Crippen LogP contribution in [0.4, 0.5) is 16.0 Å². The molecule has 6 nitrogen and oxygen atoms in total. The normalized spacial score (nSPS) is 14.5. The number of nitrogens with one attached hydrogen (secondary N) is 1. The van der Waals surface area contributed by atoms with Gasteiger partial charge >= 0.3 is 0 Å². The Morgan fingerprint density at radius 2 is 1.96 bits per heavy atom. The maximum absolute atomic E-state index is 14.0. The van der Waals surface area contributed by atoms with Crippen molar-refractivity contribution in [3.8, 4) is 0 Å². The molecule has 7 heteroatoms. The number of halogens is 1. The highest BCUT2D eigenvalue weighted by molar-refractivity contribution is 5.49. The Hall–Kier alpha value is -2.67. The van der Waals surface area contributed by atoms with Crippen LogP contribution in [0, 0.1) is 5.82 Å². The van der Waals surface area contributed by atoms with E-state index >= 15 is 0 Å². The summed E-state index contributed by atoms with van der Waals surface area (Å²) in [5.74, 6) is 0.312. The van der Waals surface area contributed by atoms with E-state index in [0.717, 1.165) is 0 Å². The Labute approximate surface area is 151 Å². The summed E-state index contributed by atoms with van der Waals surface area (Å²) in [5.41, 5.74) is 1.65. The summed E-state index contributed by atoms with van der Waals surface area (Å²) in [7, 11) is 1.58.